The SMILES string of the molecule is C[C@H](Sc1n[nH]c(-c2ccccc2F)n1)C(=O)NCc1ccc2c(c1)OCO2. The summed E-state index contributed by atoms with van der Waals surface area (Å²) >= 11 is 1.20. The van der Waals surface area contributed by atoms with Gasteiger partial charge in [-0.1, -0.05) is 30.0 Å². The lowest BCUT2D eigenvalue weighted by molar-refractivity contribution is -0.120. The number of fused-ring (bicyclic) bond motifs is 1. The molecule has 0 fully saturated rings. The number of hydrogen-bond acceptors (Lipinski definition) is 6. The van der Waals surface area contributed by atoms with E-state index in [2.05, 4.69) is 20.5 Å². The Morgan fingerprint density at radius 1 is 1.29 bits per heavy atom. The Hall–Kier alpha value is -3.07. The van der Waals surface area contributed by atoms with Gasteiger partial charge in [-0.25, -0.2) is 9.37 Å². The highest BCUT2D eigenvalue weighted by atomic mass is 32.2. The van der Waals surface area contributed by atoms with Crippen LogP contribution in [0.5, 0.6) is 11.5 Å². The van der Waals surface area contributed by atoms with E-state index >= 15 is 0 Å². The first-order chi connectivity index (χ1) is 13.6. The molecule has 2 aromatic carbocycles. The van der Waals surface area contributed by atoms with Crippen molar-refractivity contribution >= 4 is 17.7 Å². The molecule has 1 aromatic heterocycles. The van der Waals surface area contributed by atoms with Crippen molar-refractivity contribution in [1.29, 1.82) is 0 Å². The number of nitrogens with zero attached hydrogens (tertiary/aromatic N) is 2. The molecular formula is C19H17FN4O3S. The summed E-state index contributed by atoms with van der Waals surface area (Å²) in [6.07, 6.45) is 0. The average molecular weight is 400 g/mol. The summed E-state index contributed by atoms with van der Waals surface area (Å²) in [5.41, 5.74) is 1.25. The predicted molar refractivity (Wildman–Crippen MR) is 102 cm³/mol. The zero-order chi connectivity index (χ0) is 19.5. The maximum Gasteiger partial charge on any atom is 0.233 e. The Kier molecular flexibility index (Phi) is 5.16. The highest BCUT2D eigenvalue weighted by Crippen LogP contribution is 2.32. The monoisotopic (exact) mass is 400 g/mol. The molecule has 28 heavy (non-hydrogen) atoms. The molecule has 1 atom stereocenters. The van der Waals surface area contributed by atoms with Crippen molar-refractivity contribution in [1.82, 2.24) is 20.5 Å². The second-order valence-electron chi connectivity index (χ2n) is 6.11. The van der Waals surface area contributed by atoms with Crippen molar-refractivity contribution in [3.05, 3.63) is 53.8 Å². The predicted octanol–water partition coefficient (Wildman–Crippen LogP) is 3.14. The third-order valence-corrected chi connectivity index (χ3v) is 5.11. The van der Waals surface area contributed by atoms with E-state index in [-0.39, 0.29) is 18.5 Å². The van der Waals surface area contributed by atoms with E-state index in [1.54, 1.807) is 25.1 Å². The van der Waals surface area contributed by atoms with Crippen LogP contribution >= 0.6 is 11.8 Å². The molecule has 0 bridgehead atoms. The molecule has 0 spiro atoms. The van der Waals surface area contributed by atoms with Gasteiger partial charge in [0.15, 0.2) is 17.3 Å². The number of carbonyl (C=O) groups excluding carboxylic acids is 1. The van der Waals surface area contributed by atoms with E-state index in [1.165, 1.54) is 17.8 Å². The molecule has 0 saturated carbocycles. The van der Waals surface area contributed by atoms with Crippen LogP contribution in [0.1, 0.15) is 12.5 Å². The van der Waals surface area contributed by atoms with Crippen LogP contribution in [0.2, 0.25) is 0 Å². The van der Waals surface area contributed by atoms with Crippen LogP contribution in [-0.2, 0) is 11.3 Å². The summed E-state index contributed by atoms with van der Waals surface area (Å²) in [5, 5.41) is 9.61. The minimum atomic E-state index is -0.418. The van der Waals surface area contributed by atoms with Gasteiger partial charge in [0, 0.05) is 6.54 Å². The first-order valence-electron chi connectivity index (χ1n) is 8.60. The van der Waals surface area contributed by atoms with Crippen LogP contribution in [-0.4, -0.2) is 33.1 Å². The lowest BCUT2D eigenvalue weighted by Gasteiger charge is -2.10. The number of halogens is 1. The molecule has 2 heterocycles. The summed E-state index contributed by atoms with van der Waals surface area (Å²) < 4.78 is 24.4. The number of ether oxygens (including phenoxy) is 2. The molecule has 4 rings (SSSR count). The number of hydrogen-bond donors (Lipinski definition) is 2. The number of benzene rings is 2. The molecule has 1 aliphatic heterocycles. The maximum atomic E-state index is 13.8. The molecule has 2 N–H and O–H groups in total. The standard InChI is InChI=1S/C19H17FN4O3S/c1-11(18(25)21-9-12-6-7-15-16(8-12)27-10-26-15)28-19-22-17(23-24-19)13-4-2-3-5-14(13)20/h2-8,11H,9-10H2,1H3,(H,21,25)(H,22,23,24)/t11-/m0/s1. The highest BCUT2D eigenvalue weighted by Gasteiger charge is 2.19. The van der Waals surface area contributed by atoms with Gasteiger partial charge in [-0.2, -0.15) is 0 Å². The molecule has 1 aliphatic rings. The van der Waals surface area contributed by atoms with Gasteiger partial charge in [0.2, 0.25) is 17.9 Å². The van der Waals surface area contributed by atoms with E-state index in [0.717, 1.165) is 5.56 Å². The Bertz CT molecular complexity index is 1010. The van der Waals surface area contributed by atoms with Crippen LogP contribution < -0.4 is 14.8 Å². The molecule has 0 aliphatic carbocycles. The zero-order valence-electron chi connectivity index (χ0n) is 14.9. The summed E-state index contributed by atoms with van der Waals surface area (Å²) in [6.45, 7) is 2.35. The second kappa shape index (κ2) is 7.89. The Balaban J connectivity index is 1.34. The first-order valence-corrected chi connectivity index (χ1v) is 9.48. The molecule has 144 valence electrons. The van der Waals surface area contributed by atoms with Crippen molar-refractivity contribution in [3.8, 4) is 22.9 Å². The molecule has 0 unspecified atom stereocenters. The van der Waals surface area contributed by atoms with Crippen LogP contribution in [0.4, 0.5) is 4.39 Å². The number of H-pyrrole nitrogens is 1. The van der Waals surface area contributed by atoms with Gasteiger partial charge in [0.25, 0.3) is 0 Å². The largest absolute Gasteiger partial charge is 0.454 e. The van der Waals surface area contributed by atoms with Crippen molar-refractivity contribution in [2.45, 2.75) is 23.9 Å². The normalized spacial score (nSPS) is 13.4. The number of nitrogens with one attached hydrogen (secondary N) is 2. The van der Waals surface area contributed by atoms with E-state index in [0.29, 0.717) is 34.6 Å². The van der Waals surface area contributed by atoms with Gasteiger partial charge < -0.3 is 14.8 Å². The minimum absolute atomic E-state index is 0.153. The lowest BCUT2D eigenvalue weighted by atomic mass is 10.2. The van der Waals surface area contributed by atoms with Gasteiger partial charge in [-0.15, -0.1) is 5.10 Å². The summed E-state index contributed by atoms with van der Waals surface area (Å²) in [7, 11) is 0. The van der Waals surface area contributed by atoms with Crippen molar-refractivity contribution < 1.29 is 18.7 Å². The fourth-order valence-electron chi connectivity index (χ4n) is 2.67. The number of rotatable bonds is 6. The van der Waals surface area contributed by atoms with Crippen molar-refractivity contribution in [3.63, 3.8) is 0 Å². The molecule has 1 amide bonds. The van der Waals surface area contributed by atoms with Crippen LogP contribution in [0, 0.1) is 5.82 Å². The lowest BCUT2D eigenvalue weighted by Crippen LogP contribution is -2.30. The fourth-order valence-corrected chi connectivity index (χ4v) is 3.42. The highest BCUT2D eigenvalue weighted by molar-refractivity contribution is 8.00. The molecule has 3 aromatic rings. The van der Waals surface area contributed by atoms with Gasteiger partial charge in [-0.05, 0) is 36.8 Å². The van der Waals surface area contributed by atoms with E-state index in [9.17, 15) is 9.18 Å². The van der Waals surface area contributed by atoms with Crippen LogP contribution in [0.25, 0.3) is 11.4 Å². The van der Waals surface area contributed by atoms with Gasteiger partial charge in [-0.3, -0.25) is 9.89 Å². The second-order valence-corrected chi connectivity index (χ2v) is 7.42. The van der Waals surface area contributed by atoms with Gasteiger partial charge in [0.05, 0.1) is 10.8 Å². The number of aromatic nitrogens is 3. The number of aromatic amines is 1. The molecule has 0 radical (unpaired) electrons. The van der Waals surface area contributed by atoms with Crippen LogP contribution in [0.3, 0.4) is 0 Å². The third kappa shape index (κ3) is 3.94. The molecule has 9 heteroatoms. The summed E-state index contributed by atoms with van der Waals surface area (Å²) in [5.74, 6) is 1.17. The Morgan fingerprint density at radius 3 is 2.96 bits per heavy atom. The fraction of sp³-hybridized carbons (Fsp3) is 0.211. The van der Waals surface area contributed by atoms with Crippen LogP contribution in [0.15, 0.2) is 47.6 Å². The summed E-state index contributed by atoms with van der Waals surface area (Å²) in [4.78, 5) is 16.6. The number of amides is 1. The average Bonchev–Trinajstić information content (AvgIpc) is 3.35. The third-order valence-electron chi connectivity index (χ3n) is 4.15. The van der Waals surface area contributed by atoms with E-state index in [4.69, 9.17) is 9.47 Å². The minimum Gasteiger partial charge on any atom is -0.454 e. The smallest absolute Gasteiger partial charge is 0.233 e. The number of carbonyl (C=O) groups is 1. The van der Waals surface area contributed by atoms with Crippen molar-refractivity contribution in [2.24, 2.45) is 0 Å². The Morgan fingerprint density at radius 2 is 2.11 bits per heavy atom. The first kappa shape index (κ1) is 18.3. The van der Waals surface area contributed by atoms with Gasteiger partial charge in [0.1, 0.15) is 5.82 Å². The van der Waals surface area contributed by atoms with Crippen molar-refractivity contribution in [2.75, 3.05) is 6.79 Å². The summed E-state index contributed by atoms with van der Waals surface area (Å²) in [6, 6.07) is 11.8. The maximum absolute atomic E-state index is 13.8. The topological polar surface area (TPSA) is 89.1 Å². The zero-order valence-corrected chi connectivity index (χ0v) is 15.8. The molecule has 7 nitrogen and oxygen atoms in total. The van der Waals surface area contributed by atoms with E-state index < -0.39 is 5.25 Å². The molecule has 0 saturated heterocycles. The molecular weight excluding hydrogens is 383 g/mol. The Labute approximate surface area is 164 Å². The quantitative estimate of drug-likeness (QED) is 0.618. The van der Waals surface area contributed by atoms with E-state index in [1.807, 2.05) is 18.2 Å². The number of thioether (sulfide) groups is 1. The van der Waals surface area contributed by atoms with Gasteiger partial charge >= 0.3 is 0 Å².